The minimum Gasteiger partial charge on any atom is -0.496 e. The second-order valence-electron chi connectivity index (χ2n) is 4.71. The van der Waals surface area contributed by atoms with Crippen LogP contribution in [0.2, 0.25) is 5.02 Å². The Morgan fingerprint density at radius 3 is 2.61 bits per heavy atom. The van der Waals surface area contributed by atoms with E-state index in [0.717, 1.165) is 42.6 Å². The van der Waals surface area contributed by atoms with Crippen molar-refractivity contribution in [1.82, 2.24) is 0 Å². The highest BCUT2D eigenvalue weighted by Gasteiger charge is 2.40. The van der Waals surface area contributed by atoms with Crippen LogP contribution in [0.25, 0.3) is 0 Å². The molecule has 4 heteroatoms. The Hall–Kier alpha value is -1.31. The largest absolute Gasteiger partial charge is 0.496 e. The van der Waals surface area contributed by atoms with Crippen molar-refractivity contribution >= 4 is 17.7 Å². The van der Waals surface area contributed by atoms with Gasteiger partial charge in [0, 0.05) is 10.6 Å². The van der Waals surface area contributed by atoms with E-state index in [4.69, 9.17) is 16.3 Å². The summed E-state index contributed by atoms with van der Waals surface area (Å²) in [5.74, 6) is 0.739. The molecular formula is C14H16ClNO2. The van der Waals surface area contributed by atoms with Crippen molar-refractivity contribution in [2.24, 2.45) is 4.99 Å². The number of aryl methyl sites for hydroxylation is 1. The molecule has 0 amide bonds. The number of hydrogen-bond acceptors (Lipinski definition) is 3. The zero-order chi connectivity index (χ0) is 13.2. The highest BCUT2D eigenvalue weighted by atomic mass is 35.5. The first kappa shape index (κ1) is 13.1. The van der Waals surface area contributed by atoms with Gasteiger partial charge in [0.2, 0.25) is 6.08 Å². The molecule has 0 spiro atoms. The Morgan fingerprint density at radius 2 is 2.06 bits per heavy atom. The second kappa shape index (κ2) is 5.13. The molecule has 1 saturated carbocycles. The standard InChI is InChI=1S/C14H16ClNO2/c1-10-5-6-11(15)12(13(10)18-2)14(16-9-17)7-3-4-8-14/h5-6H,3-4,7-8H2,1-2H3. The second-order valence-corrected chi connectivity index (χ2v) is 5.12. The Balaban J connectivity index is 2.68. The molecule has 0 unspecified atom stereocenters. The van der Waals surface area contributed by atoms with E-state index in [0.29, 0.717) is 5.02 Å². The zero-order valence-corrected chi connectivity index (χ0v) is 11.4. The zero-order valence-electron chi connectivity index (χ0n) is 10.6. The molecule has 0 atom stereocenters. The van der Waals surface area contributed by atoms with E-state index < -0.39 is 5.54 Å². The fourth-order valence-electron chi connectivity index (χ4n) is 2.82. The lowest BCUT2D eigenvalue weighted by molar-refractivity contribution is 0.377. The molecule has 1 aliphatic carbocycles. The lowest BCUT2D eigenvalue weighted by Crippen LogP contribution is -2.21. The van der Waals surface area contributed by atoms with Gasteiger partial charge in [-0.3, -0.25) is 0 Å². The highest BCUT2D eigenvalue weighted by molar-refractivity contribution is 6.31. The molecule has 1 aromatic rings. The van der Waals surface area contributed by atoms with Crippen molar-refractivity contribution in [3.05, 3.63) is 28.3 Å². The number of hydrogen-bond donors (Lipinski definition) is 0. The Labute approximate surface area is 112 Å². The molecule has 1 aromatic carbocycles. The third-order valence-electron chi connectivity index (χ3n) is 3.66. The Morgan fingerprint density at radius 1 is 1.39 bits per heavy atom. The van der Waals surface area contributed by atoms with Crippen LogP contribution in [-0.2, 0) is 10.3 Å². The third kappa shape index (κ3) is 2.05. The van der Waals surface area contributed by atoms with Gasteiger partial charge in [-0.1, -0.05) is 30.5 Å². The molecule has 2 rings (SSSR count). The summed E-state index contributed by atoms with van der Waals surface area (Å²) in [5.41, 5.74) is 1.30. The molecule has 0 bridgehead atoms. The summed E-state index contributed by atoms with van der Waals surface area (Å²) < 4.78 is 5.47. The quantitative estimate of drug-likeness (QED) is 0.616. The maximum absolute atomic E-state index is 10.8. The molecule has 3 nitrogen and oxygen atoms in total. The van der Waals surface area contributed by atoms with Crippen molar-refractivity contribution in [3.63, 3.8) is 0 Å². The Kier molecular flexibility index (Phi) is 3.74. The molecule has 18 heavy (non-hydrogen) atoms. The van der Waals surface area contributed by atoms with Gasteiger partial charge in [-0.15, -0.1) is 0 Å². The van der Waals surface area contributed by atoms with Crippen molar-refractivity contribution in [3.8, 4) is 5.75 Å². The van der Waals surface area contributed by atoms with Gasteiger partial charge in [0.15, 0.2) is 0 Å². The van der Waals surface area contributed by atoms with Gasteiger partial charge in [-0.25, -0.2) is 4.79 Å². The van der Waals surface area contributed by atoms with E-state index in [9.17, 15) is 4.79 Å². The molecule has 0 N–H and O–H groups in total. The summed E-state index contributed by atoms with van der Waals surface area (Å²) in [4.78, 5) is 14.8. The van der Waals surface area contributed by atoms with E-state index in [1.54, 1.807) is 13.2 Å². The third-order valence-corrected chi connectivity index (χ3v) is 3.98. The highest BCUT2D eigenvalue weighted by Crippen LogP contribution is 2.49. The summed E-state index contributed by atoms with van der Waals surface area (Å²) in [5, 5.41) is 0.610. The minimum absolute atomic E-state index is 0.545. The predicted octanol–water partition coefficient (Wildman–Crippen LogP) is 3.76. The van der Waals surface area contributed by atoms with Gasteiger partial charge in [-0.05, 0) is 31.4 Å². The summed E-state index contributed by atoms with van der Waals surface area (Å²) >= 11 is 6.32. The number of benzene rings is 1. The van der Waals surface area contributed by atoms with Crippen LogP contribution in [0, 0.1) is 6.92 Å². The smallest absolute Gasteiger partial charge is 0.235 e. The molecule has 0 saturated heterocycles. The average Bonchev–Trinajstić information content (AvgIpc) is 2.81. The average molecular weight is 266 g/mol. The first-order valence-electron chi connectivity index (χ1n) is 6.07. The molecule has 0 radical (unpaired) electrons. The summed E-state index contributed by atoms with van der Waals surface area (Å²) in [6.07, 6.45) is 5.43. The van der Waals surface area contributed by atoms with Crippen molar-refractivity contribution in [2.45, 2.75) is 38.1 Å². The molecule has 96 valence electrons. The van der Waals surface area contributed by atoms with Crippen LogP contribution >= 0.6 is 11.6 Å². The van der Waals surface area contributed by atoms with E-state index in [-0.39, 0.29) is 0 Å². The fraction of sp³-hybridized carbons (Fsp3) is 0.500. The number of isocyanates is 1. The molecule has 1 aliphatic rings. The topological polar surface area (TPSA) is 38.7 Å². The number of ether oxygens (including phenoxy) is 1. The van der Waals surface area contributed by atoms with E-state index in [1.165, 1.54) is 0 Å². The lowest BCUT2D eigenvalue weighted by Gasteiger charge is -2.27. The monoisotopic (exact) mass is 265 g/mol. The fourth-order valence-corrected chi connectivity index (χ4v) is 3.15. The molecule has 0 aliphatic heterocycles. The normalized spacial score (nSPS) is 17.3. The first-order valence-corrected chi connectivity index (χ1v) is 6.45. The molecule has 0 aromatic heterocycles. The van der Waals surface area contributed by atoms with Crippen LogP contribution in [0.5, 0.6) is 5.75 Å². The van der Waals surface area contributed by atoms with Crippen LogP contribution < -0.4 is 4.74 Å². The predicted molar refractivity (Wildman–Crippen MR) is 71.0 cm³/mol. The maximum atomic E-state index is 10.8. The van der Waals surface area contributed by atoms with Crippen LogP contribution in [0.4, 0.5) is 0 Å². The molecule has 0 heterocycles. The van der Waals surface area contributed by atoms with E-state index in [1.807, 2.05) is 19.1 Å². The summed E-state index contributed by atoms with van der Waals surface area (Å²) in [6.45, 7) is 1.96. The molecule has 1 fully saturated rings. The first-order chi connectivity index (χ1) is 8.64. The number of halogens is 1. The number of carbonyl (C=O) groups excluding carboxylic acids is 1. The minimum atomic E-state index is -0.545. The maximum Gasteiger partial charge on any atom is 0.235 e. The van der Waals surface area contributed by atoms with Crippen molar-refractivity contribution in [2.75, 3.05) is 7.11 Å². The number of methoxy groups -OCH3 is 1. The van der Waals surface area contributed by atoms with Gasteiger partial charge in [0.25, 0.3) is 0 Å². The van der Waals surface area contributed by atoms with Crippen LogP contribution in [0.15, 0.2) is 17.1 Å². The summed E-state index contributed by atoms with van der Waals surface area (Å²) in [7, 11) is 1.62. The van der Waals surface area contributed by atoms with E-state index >= 15 is 0 Å². The van der Waals surface area contributed by atoms with Crippen LogP contribution in [0.1, 0.15) is 36.8 Å². The van der Waals surface area contributed by atoms with Crippen molar-refractivity contribution < 1.29 is 9.53 Å². The molecular weight excluding hydrogens is 250 g/mol. The van der Waals surface area contributed by atoms with Crippen molar-refractivity contribution in [1.29, 1.82) is 0 Å². The van der Waals surface area contributed by atoms with Crippen LogP contribution in [0.3, 0.4) is 0 Å². The van der Waals surface area contributed by atoms with E-state index in [2.05, 4.69) is 4.99 Å². The SMILES string of the molecule is COc1c(C)ccc(Cl)c1C1(N=C=O)CCCC1. The summed E-state index contributed by atoms with van der Waals surface area (Å²) in [6, 6.07) is 3.76. The van der Waals surface area contributed by atoms with Gasteiger partial charge in [0.1, 0.15) is 11.3 Å². The van der Waals surface area contributed by atoms with Gasteiger partial charge in [-0.2, -0.15) is 4.99 Å². The Bertz CT molecular complexity index is 501. The van der Waals surface area contributed by atoms with Gasteiger partial charge >= 0.3 is 0 Å². The van der Waals surface area contributed by atoms with Gasteiger partial charge in [0.05, 0.1) is 7.11 Å². The number of rotatable bonds is 3. The van der Waals surface area contributed by atoms with Gasteiger partial charge < -0.3 is 4.74 Å². The lowest BCUT2D eigenvalue weighted by atomic mass is 9.87. The van der Waals surface area contributed by atoms with Crippen LogP contribution in [-0.4, -0.2) is 13.2 Å². The number of nitrogens with zero attached hydrogens (tertiary/aromatic N) is 1. The number of aliphatic imine (C=N–C) groups is 1.